The first-order valence-electron chi connectivity index (χ1n) is 6.77. The van der Waals surface area contributed by atoms with Crippen LogP contribution < -0.4 is 10.2 Å². The summed E-state index contributed by atoms with van der Waals surface area (Å²) in [5, 5.41) is 4.22. The van der Waals surface area contributed by atoms with E-state index in [1.54, 1.807) is 0 Å². The maximum absolute atomic E-state index is 6.26. The Hall–Kier alpha value is -1.67. The van der Waals surface area contributed by atoms with Crippen LogP contribution in [0, 0.1) is 6.92 Å². The molecule has 0 aliphatic heterocycles. The van der Waals surface area contributed by atoms with E-state index in [9.17, 15) is 0 Å². The minimum Gasteiger partial charge on any atom is -0.378 e. The normalized spacial score (nSPS) is 12.1. The summed E-state index contributed by atoms with van der Waals surface area (Å²) in [5.41, 5.74) is 4.59. The van der Waals surface area contributed by atoms with E-state index in [1.807, 2.05) is 33.2 Å². The molecule has 0 aliphatic carbocycles. The zero-order valence-corrected chi connectivity index (χ0v) is 13.2. The van der Waals surface area contributed by atoms with E-state index in [2.05, 4.69) is 47.5 Å². The van der Waals surface area contributed by atoms with Gasteiger partial charge in [0, 0.05) is 25.8 Å². The lowest BCUT2D eigenvalue weighted by Crippen LogP contribution is -2.10. The number of aryl methyl sites for hydroxylation is 1. The van der Waals surface area contributed by atoms with Gasteiger partial charge in [0.2, 0.25) is 0 Å². The van der Waals surface area contributed by atoms with E-state index >= 15 is 0 Å². The van der Waals surface area contributed by atoms with Gasteiger partial charge in [-0.15, -0.1) is 0 Å². The van der Waals surface area contributed by atoms with Gasteiger partial charge < -0.3 is 10.2 Å². The van der Waals surface area contributed by atoms with Crippen LogP contribution in [0.1, 0.15) is 24.1 Å². The predicted molar refractivity (Wildman–Crippen MR) is 89.0 cm³/mol. The van der Waals surface area contributed by atoms with E-state index < -0.39 is 0 Å². The van der Waals surface area contributed by atoms with Gasteiger partial charge >= 0.3 is 0 Å². The molecule has 1 N–H and O–H groups in total. The fourth-order valence-corrected chi connectivity index (χ4v) is 2.40. The molecule has 20 heavy (non-hydrogen) atoms. The molecule has 0 fully saturated rings. The van der Waals surface area contributed by atoms with Crippen LogP contribution >= 0.6 is 11.6 Å². The van der Waals surface area contributed by atoms with Gasteiger partial charge in [-0.3, -0.25) is 0 Å². The minimum atomic E-state index is 0.214. The van der Waals surface area contributed by atoms with E-state index in [-0.39, 0.29) is 6.04 Å². The highest BCUT2D eigenvalue weighted by Gasteiger charge is 2.08. The summed E-state index contributed by atoms with van der Waals surface area (Å²) in [5.74, 6) is 0. The number of halogens is 1. The fourth-order valence-electron chi connectivity index (χ4n) is 2.11. The summed E-state index contributed by atoms with van der Waals surface area (Å²) in [6.07, 6.45) is 0. The summed E-state index contributed by atoms with van der Waals surface area (Å²) < 4.78 is 0. The molecule has 2 aromatic carbocycles. The molecule has 0 aromatic heterocycles. The summed E-state index contributed by atoms with van der Waals surface area (Å²) in [6.45, 7) is 4.18. The maximum Gasteiger partial charge on any atom is 0.0640 e. The van der Waals surface area contributed by atoms with E-state index in [0.29, 0.717) is 0 Å². The lowest BCUT2D eigenvalue weighted by molar-refractivity contribution is 0.884. The van der Waals surface area contributed by atoms with E-state index in [1.165, 1.54) is 16.8 Å². The van der Waals surface area contributed by atoms with Crippen molar-refractivity contribution in [3.05, 3.63) is 58.6 Å². The van der Waals surface area contributed by atoms with Crippen molar-refractivity contribution in [3.8, 4) is 0 Å². The van der Waals surface area contributed by atoms with Crippen molar-refractivity contribution in [1.29, 1.82) is 0 Å². The molecule has 1 atom stereocenters. The second-order valence-electron chi connectivity index (χ2n) is 5.34. The van der Waals surface area contributed by atoms with Gasteiger partial charge in [-0.25, -0.2) is 0 Å². The second-order valence-corrected chi connectivity index (χ2v) is 5.74. The number of anilines is 2. The van der Waals surface area contributed by atoms with Crippen LogP contribution in [0.15, 0.2) is 42.5 Å². The lowest BCUT2D eigenvalue weighted by Gasteiger charge is -2.19. The number of benzene rings is 2. The summed E-state index contributed by atoms with van der Waals surface area (Å²) in [7, 11) is 4.09. The molecular formula is C17H21ClN2. The number of rotatable bonds is 4. The average molecular weight is 289 g/mol. The monoisotopic (exact) mass is 288 g/mol. The SMILES string of the molecule is Cc1ccc(NC(C)c2ccc(N(C)C)cc2)c(Cl)c1. The smallest absolute Gasteiger partial charge is 0.0640 e. The third kappa shape index (κ3) is 3.45. The minimum absolute atomic E-state index is 0.214. The summed E-state index contributed by atoms with van der Waals surface area (Å²) in [6, 6.07) is 14.8. The van der Waals surface area contributed by atoms with Crippen LogP contribution in [0.25, 0.3) is 0 Å². The Morgan fingerprint density at radius 3 is 2.25 bits per heavy atom. The molecule has 0 radical (unpaired) electrons. The molecule has 2 aromatic rings. The van der Waals surface area contributed by atoms with E-state index in [4.69, 9.17) is 11.6 Å². The molecule has 0 spiro atoms. The Morgan fingerprint density at radius 2 is 1.70 bits per heavy atom. The van der Waals surface area contributed by atoms with Gasteiger partial charge in [-0.2, -0.15) is 0 Å². The Bertz CT molecular complexity index is 576. The summed E-state index contributed by atoms with van der Waals surface area (Å²) >= 11 is 6.26. The zero-order chi connectivity index (χ0) is 14.7. The van der Waals surface area contributed by atoms with Crippen molar-refractivity contribution in [2.75, 3.05) is 24.3 Å². The van der Waals surface area contributed by atoms with Crippen molar-refractivity contribution < 1.29 is 0 Å². The molecule has 0 heterocycles. The topological polar surface area (TPSA) is 15.3 Å². The molecule has 3 heteroatoms. The van der Waals surface area contributed by atoms with Crippen LogP contribution in [0.4, 0.5) is 11.4 Å². The van der Waals surface area contributed by atoms with E-state index in [0.717, 1.165) is 10.7 Å². The molecule has 106 valence electrons. The van der Waals surface area contributed by atoms with Gasteiger partial charge in [0.15, 0.2) is 0 Å². The van der Waals surface area contributed by atoms with Crippen molar-refractivity contribution in [2.45, 2.75) is 19.9 Å². The van der Waals surface area contributed by atoms with Crippen LogP contribution in [-0.4, -0.2) is 14.1 Å². The van der Waals surface area contributed by atoms with Crippen LogP contribution in [-0.2, 0) is 0 Å². The van der Waals surface area contributed by atoms with Gasteiger partial charge in [0.25, 0.3) is 0 Å². The number of hydrogen-bond donors (Lipinski definition) is 1. The van der Waals surface area contributed by atoms with Crippen molar-refractivity contribution >= 4 is 23.0 Å². The first-order valence-corrected chi connectivity index (χ1v) is 7.15. The Balaban J connectivity index is 2.13. The molecule has 0 aliphatic rings. The summed E-state index contributed by atoms with van der Waals surface area (Å²) in [4.78, 5) is 2.10. The lowest BCUT2D eigenvalue weighted by atomic mass is 10.1. The van der Waals surface area contributed by atoms with Crippen molar-refractivity contribution in [2.24, 2.45) is 0 Å². The molecule has 0 bridgehead atoms. The Morgan fingerprint density at radius 1 is 1.05 bits per heavy atom. The largest absolute Gasteiger partial charge is 0.378 e. The van der Waals surface area contributed by atoms with Gasteiger partial charge in [0.05, 0.1) is 10.7 Å². The van der Waals surface area contributed by atoms with Gasteiger partial charge in [-0.05, 0) is 49.2 Å². The standard InChI is InChI=1S/C17H21ClN2/c1-12-5-10-17(16(18)11-12)19-13(2)14-6-8-15(9-7-14)20(3)4/h5-11,13,19H,1-4H3. The third-order valence-corrected chi connectivity index (χ3v) is 3.72. The molecule has 1 unspecified atom stereocenters. The first kappa shape index (κ1) is 14.7. The molecular weight excluding hydrogens is 268 g/mol. The molecule has 0 amide bonds. The van der Waals surface area contributed by atoms with Gasteiger partial charge in [0.1, 0.15) is 0 Å². The van der Waals surface area contributed by atoms with Crippen LogP contribution in [0.2, 0.25) is 5.02 Å². The number of nitrogens with one attached hydrogen (secondary N) is 1. The van der Waals surface area contributed by atoms with Gasteiger partial charge in [-0.1, -0.05) is 29.8 Å². The van der Waals surface area contributed by atoms with Crippen molar-refractivity contribution in [1.82, 2.24) is 0 Å². The second kappa shape index (κ2) is 6.19. The highest BCUT2D eigenvalue weighted by Crippen LogP contribution is 2.27. The molecule has 0 saturated heterocycles. The quantitative estimate of drug-likeness (QED) is 0.862. The predicted octanol–water partition coefficient (Wildman–Crippen LogP) is 4.89. The highest BCUT2D eigenvalue weighted by atomic mass is 35.5. The fraction of sp³-hybridized carbons (Fsp3) is 0.294. The molecule has 0 saturated carbocycles. The third-order valence-electron chi connectivity index (χ3n) is 3.41. The zero-order valence-electron chi connectivity index (χ0n) is 12.4. The van der Waals surface area contributed by atoms with Crippen LogP contribution in [0.3, 0.4) is 0 Å². The first-order chi connectivity index (χ1) is 9.47. The van der Waals surface area contributed by atoms with Crippen molar-refractivity contribution in [3.63, 3.8) is 0 Å². The molecule has 2 nitrogen and oxygen atoms in total. The maximum atomic E-state index is 6.26. The average Bonchev–Trinajstić information content (AvgIpc) is 2.42. The molecule has 2 rings (SSSR count). The van der Waals surface area contributed by atoms with Crippen LogP contribution in [0.5, 0.6) is 0 Å². The number of nitrogens with zero attached hydrogens (tertiary/aromatic N) is 1. The highest BCUT2D eigenvalue weighted by molar-refractivity contribution is 6.33. The Labute approximate surface area is 126 Å². The number of hydrogen-bond acceptors (Lipinski definition) is 2. The Kier molecular flexibility index (Phi) is 4.56.